The molecule has 2 unspecified atom stereocenters. The first-order chi connectivity index (χ1) is 11.4. The Labute approximate surface area is 142 Å². The van der Waals surface area contributed by atoms with Gasteiger partial charge < -0.3 is 9.67 Å². The summed E-state index contributed by atoms with van der Waals surface area (Å²) in [5, 5.41) is 19.6. The number of nitrogens with zero attached hydrogens (tertiary/aromatic N) is 3. The van der Waals surface area contributed by atoms with E-state index in [4.69, 9.17) is 0 Å². The molecule has 0 fully saturated rings. The van der Waals surface area contributed by atoms with E-state index in [-0.39, 0.29) is 6.04 Å². The first kappa shape index (κ1) is 16.4. The highest BCUT2D eigenvalue weighted by molar-refractivity contribution is 5.44. The normalized spacial score (nSPS) is 15.0. The Morgan fingerprint density at radius 1 is 0.917 bits per heavy atom. The number of benzene rings is 2. The lowest BCUT2D eigenvalue weighted by Gasteiger charge is -2.36. The van der Waals surface area contributed by atoms with Crippen LogP contribution in [0.5, 0.6) is 0 Å². The summed E-state index contributed by atoms with van der Waals surface area (Å²) in [6.07, 6.45) is 3.29. The number of aryl methyl sites for hydroxylation is 2. The molecule has 0 aliphatic rings. The Morgan fingerprint density at radius 2 is 1.46 bits per heavy atom. The van der Waals surface area contributed by atoms with Crippen molar-refractivity contribution in [1.82, 2.24) is 14.8 Å². The minimum Gasteiger partial charge on any atom is -0.378 e. The van der Waals surface area contributed by atoms with E-state index in [2.05, 4.69) is 43.1 Å². The molecule has 0 spiro atoms. The zero-order valence-corrected chi connectivity index (χ0v) is 14.6. The van der Waals surface area contributed by atoms with Gasteiger partial charge in [-0.15, -0.1) is 10.2 Å². The van der Waals surface area contributed by atoms with Crippen LogP contribution in [0.2, 0.25) is 0 Å². The highest BCUT2D eigenvalue weighted by atomic mass is 16.3. The minimum atomic E-state index is -1.17. The summed E-state index contributed by atoms with van der Waals surface area (Å²) >= 11 is 0. The lowest BCUT2D eigenvalue weighted by Crippen LogP contribution is -2.36. The molecule has 3 rings (SSSR count). The van der Waals surface area contributed by atoms with E-state index in [1.807, 2.05) is 41.8 Å². The Morgan fingerprint density at radius 3 is 2.00 bits per heavy atom. The maximum atomic E-state index is 11.9. The van der Waals surface area contributed by atoms with Crippen LogP contribution in [0.1, 0.15) is 40.8 Å². The van der Waals surface area contributed by atoms with Gasteiger partial charge in [0.05, 0.1) is 6.04 Å². The average molecular weight is 321 g/mol. The van der Waals surface area contributed by atoms with Crippen molar-refractivity contribution in [2.24, 2.45) is 0 Å². The van der Waals surface area contributed by atoms with Crippen LogP contribution in [0, 0.1) is 20.8 Å². The van der Waals surface area contributed by atoms with Gasteiger partial charge in [-0.05, 0) is 55.5 Å². The quantitative estimate of drug-likeness (QED) is 0.797. The monoisotopic (exact) mass is 321 g/mol. The first-order valence-corrected chi connectivity index (χ1v) is 8.15. The van der Waals surface area contributed by atoms with Crippen molar-refractivity contribution in [2.75, 3.05) is 0 Å². The molecule has 0 saturated heterocycles. The molecule has 1 aromatic heterocycles. The van der Waals surface area contributed by atoms with E-state index in [9.17, 15) is 5.11 Å². The van der Waals surface area contributed by atoms with Crippen LogP contribution in [0.4, 0.5) is 0 Å². The Kier molecular flexibility index (Phi) is 4.24. The van der Waals surface area contributed by atoms with E-state index in [0.29, 0.717) is 0 Å². The van der Waals surface area contributed by atoms with Crippen molar-refractivity contribution in [2.45, 2.75) is 39.3 Å². The van der Waals surface area contributed by atoms with Crippen LogP contribution in [-0.2, 0) is 5.60 Å². The smallest absolute Gasteiger partial charge is 0.135 e. The van der Waals surface area contributed by atoms with Gasteiger partial charge in [-0.3, -0.25) is 0 Å². The van der Waals surface area contributed by atoms with E-state index in [1.54, 1.807) is 12.7 Å². The number of hydrogen-bond donors (Lipinski definition) is 1. The van der Waals surface area contributed by atoms with Crippen LogP contribution in [0.25, 0.3) is 0 Å². The second-order valence-electron chi connectivity index (χ2n) is 6.45. The number of hydrogen-bond acceptors (Lipinski definition) is 3. The van der Waals surface area contributed by atoms with Gasteiger partial charge in [-0.25, -0.2) is 0 Å². The minimum absolute atomic E-state index is 0.253. The fourth-order valence-corrected chi connectivity index (χ4v) is 3.22. The molecule has 0 aliphatic carbocycles. The Hall–Kier alpha value is -2.46. The predicted octanol–water partition coefficient (Wildman–Crippen LogP) is 3.70. The Balaban J connectivity index is 2.23. The van der Waals surface area contributed by atoms with Crippen molar-refractivity contribution >= 4 is 0 Å². The average Bonchev–Trinajstić information content (AvgIpc) is 3.13. The summed E-state index contributed by atoms with van der Waals surface area (Å²) in [7, 11) is 0. The van der Waals surface area contributed by atoms with Gasteiger partial charge in [0.1, 0.15) is 18.3 Å². The van der Waals surface area contributed by atoms with Gasteiger partial charge in [-0.2, -0.15) is 0 Å². The van der Waals surface area contributed by atoms with Gasteiger partial charge >= 0.3 is 0 Å². The standard InChI is InChI=1S/C20H23N3O/c1-14-10-19(11-15(2)16(14)3)20(24,18-8-6-5-7-9-18)17(4)23-12-21-22-13-23/h5-13,17,24H,1-4H3. The molecule has 2 aromatic carbocycles. The Bertz CT molecular complexity index is 804. The van der Waals surface area contributed by atoms with Gasteiger partial charge in [-0.1, -0.05) is 42.5 Å². The van der Waals surface area contributed by atoms with Gasteiger partial charge in [0.2, 0.25) is 0 Å². The molecule has 3 aromatic rings. The van der Waals surface area contributed by atoms with Gasteiger partial charge in [0.25, 0.3) is 0 Å². The molecule has 1 N–H and O–H groups in total. The van der Waals surface area contributed by atoms with E-state index < -0.39 is 5.60 Å². The largest absolute Gasteiger partial charge is 0.378 e. The molecule has 0 bridgehead atoms. The zero-order chi connectivity index (χ0) is 17.3. The fraction of sp³-hybridized carbons (Fsp3) is 0.300. The highest BCUT2D eigenvalue weighted by Crippen LogP contribution is 2.40. The number of aromatic nitrogens is 3. The van der Waals surface area contributed by atoms with E-state index >= 15 is 0 Å². The summed E-state index contributed by atoms with van der Waals surface area (Å²) in [5.74, 6) is 0. The van der Waals surface area contributed by atoms with Gasteiger partial charge in [0, 0.05) is 0 Å². The number of rotatable bonds is 4. The summed E-state index contributed by atoms with van der Waals surface area (Å²) in [6.45, 7) is 8.27. The van der Waals surface area contributed by atoms with Crippen molar-refractivity contribution in [1.29, 1.82) is 0 Å². The third kappa shape index (κ3) is 2.63. The molecule has 24 heavy (non-hydrogen) atoms. The van der Waals surface area contributed by atoms with Crippen molar-refractivity contribution < 1.29 is 5.11 Å². The molecule has 0 aliphatic heterocycles. The second-order valence-corrected chi connectivity index (χ2v) is 6.45. The molecular formula is C20H23N3O. The van der Waals surface area contributed by atoms with Crippen molar-refractivity contribution in [3.05, 3.63) is 82.9 Å². The topological polar surface area (TPSA) is 50.9 Å². The fourth-order valence-electron chi connectivity index (χ4n) is 3.22. The van der Waals surface area contributed by atoms with Crippen LogP contribution in [0.3, 0.4) is 0 Å². The summed E-state index contributed by atoms with van der Waals surface area (Å²) < 4.78 is 1.84. The van der Waals surface area contributed by atoms with Crippen LogP contribution in [0.15, 0.2) is 55.1 Å². The molecule has 2 atom stereocenters. The molecule has 4 nitrogen and oxygen atoms in total. The third-order valence-electron chi connectivity index (χ3n) is 5.07. The second kappa shape index (κ2) is 6.21. The summed E-state index contributed by atoms with van der Waals surface area (Å²) in [6, 6.07) is 13.7. The third-order valence-corrected chi connectivity index (χ3v) is 5.07. The summed E-state index contributed by atoms with van der Waals surface area (Å²) in [5.41, 5.74) is 4.17. The first-order valence-electron chi connectivity index (χ1n) is 8.15. The molecular weight excluding hydrogens is 298 g/mol. The lowest BCUT2D eigenvalue weighted by atomic mass is 9.79. The maximum Gasteiger partial charge on any atom is 0.135 e. The van der Waals surface area contributed by atoms with E-state index in [1.165, 1.54) is 16.7 Å². The van der Waals surface area contributed by atoms with Crippen molar-refractivity contribution in [3.8, 4) is 0 Å². The molecule has 1 heterocycles. The zero-order valence-electron chi connectivity index (χ0n) is 14.6. The molecule has 0 amide bonds. The van der Waals surface area contributed by atoms with Gasteiger partial charge in [0.15, 0.2) is 0 Å². The molecule has 0 radical (unpaired) electrons. The van der Waals surface area contributed by atoms with Crippen molar-refractivity contribution in [3.63, 3.8) is 0 Å². The maximum absolute atomic E-state index is 11.9. The van der Waals surface area contributed by atoms with Crippen LogP contribution >= 0.6 is 0 Å². The predicted molar refractivity (Wildman–Crippen MR) is 94.8 cm³/mol. The lowest BCUT2D eigenvalue weighted by molar-refractivity contribution is 0.0293. The van der Waals surface area contributed by atoms with E-state index in [0.717, 1.165) is 11.1 Å². The van der Waals surface area contributed by atoms with Crippen LogP contribution < -0.4 is 0 Å². The molecule has 124 valence electrons. The molecule has 0 saturated carbocycles. The summed E-state index contributed by atoms with van der Waals surface area (Å²) in [4.78, 5) is 0. The van der Waals surface area contributed by atoms with Crippen LogP contribution in [-0.4, -0.2) is 19.9 Å². The number of aliphatic hydroxyl groups is 1. The highest BCUT2D eigenvalue weighted by Gasteiger charge is 2.39. The SMILES string of the molecule is Cc1cc(C(O)(c2ccccc2)C(C)n2cnnc2)cc(C)c1C. The molecule has 4 heteroatoms.